The molecule has 0 radical (unpaired) electrons. The minimum Gasteiger partial charge on any atom is -0.495 e. The number of benzene rings is 1. The number of halogens is 1. The number of nitrogens with zero attached hydrogens (tertiary/aromatic N) is 5. The van der Waals surface area contributed by atoms with Crippen LogP contribution in [-0.2, 0) is 20.1 Å². The normalized spacial score (nSPS) is 13.4. The molecule has 3 heterocycles. The monoisotopic (exact) mass is 389 g/mol. The van der Waals surface area contributed by atoms with Crippen molar-refractivity contribution >= 4 is 34.4 Å². The highest BCUT2D eigenvalue weighted by molar-refractivity contribution is 6.32. The first-order valence-electron chi connectivity index (χ1n) is 8.79. The first kappa shape index (κ1) is 17.7. The van der Waals surface area contributed by atoms with Crippen molar-refractivity contribution in [1.82, 2.24) is 18.7 Å². The van der Waals surface area contributed by atoms with Crippen molar-refractivity contribution in [2.75, 3.05) is 18.6 Å². The molecular formula is C18H20ClN5O3. The summed E-state index contributed by atoms with van der Waals surface area (Å²) in [5, 5.41) is 0.502. The standard InChI is InChI=1S/C18H20ClN5O3/c1-4-7-24-16(25)14-15(21(2)18(24)26)20-17-22(8-9-23(14)17)11-5-6-13(27-3)12(19)10-11/h5-6,10H,4,7-9H2,1-3H3. The van der Waals surface area contributed by atoms with Gasteiger partial charge in [0, 0.05) is 32.4 Å². The van der Waals surface area contributed by atoms with Crippen LogP contribution in [0.3, 0.4) is 0 Å². The van der Waals surface area contributed by atoms with Crippen LogP contribution in [0, 0.1) is 0 Å². The Balaban J connectivity index is 1.91. The Labute approximate surface area is 160 Å². The molecule has 3 aromatic rings. The van der Waals surface area contributed by atoms with E-state index in [1.165, 1.54) is 9.13 Å². The molecule has 1 aliphatic heterocycles. The van der Waals surface area contributed by atoms with Gasteiger partial charge < -0.3 is 14.2 Å². The largest absolute Gasteiger partial charge is 0.495 e. The first-order valence-corrected chi connectivity index (χ1v) is 9.16. The number of anilines is 2. The molecule has 0 bridgehead atoms. The van der Waals surface area contributed by atoms with Gasteiger partial charge >= 0.3 is 5.69 Å². The molecular weight excluding hydrogens is 370 g/mol. The van der Waals surface area contributed by atoms with Gasteiger partial charge in [0.25, 0.3) is 5.56 Å². The van der Waals surface area contributed by atoms with E-state index in [0.717, 1.165) is 5.69 Å². The summed E-state index contributed by atoms with van der Waals surface area (Å²) >= 11 is 6.26. The third-order valence-electron chi connectivity index (χ3n) is 4.90. The first-order chi connectivity index (χ1) is 13.0. The van der Waals surface area contributed by atoms with Gasteiger partial charge in [0.2, 0.25) is 5.95 Å². The molecule has 0 unspecified atom stereocenters. The predicted molar refractivity (Wildman–Crippen MR) is 105 cm³/mol. The lowest BCUT2D eigenvalue weighted by Gasteiger charge is -2.17. The van der Waals surface area contributed by atoms with E-state index >= 15 is 0 Å². The van der Waals surface area contributed by atoms with Crippen molar-refractivity contribution in [1.29, 1.82) is 0 Å². The van der Waals surface area contributed by atoms with E-state index in [9.17, 15) is 9.59 Å². The van der Waals surface area contributed by atoms with Gasteiger partial charge in [0.1, 0.15) is 5.75 Å². The van der Waals surface area contributed by atoms with Crippen molar-refractivity contribution in [2.24, 2.45) is 7.05 Å². The van der Waals surface area contributed by atoms with E-state index < -0.39 is 0 Å². The van der Waals surface area contributed by atoms with Gasteiger partial charge in [-0.05, 0) is 24.6 Å². The third-order valence-corrected chi connectivity index (χ3v) is 5.19. The van der Waals surface area contributed by atoms with E-state index in [1.54, 1.807) is 20.2 Å². The van der Waals surface area contributed by atoms with Crippen molar-refractivity contribution < 1.29 is 4.74 Å². The minimum atomic E-state index is -0.342. The lowest BCUT2D eigenvalue weighted by atomic mass is 10.3. The summed E-state index contributed by atoms with van der Waals surface area (Å²) in [6.45, 7) is 3.60. The zero-order valence-electron chi connectivity index (χ0n) is 15.4. The fraction of sp³-hybridized carbons (Fsp3) is 0.389. The van der Waals surface area contributed by atoms with E-state index in [2.05, 4.69) is 4.98 Å². The smallest absolute Gasteiger partial charge is 0.332 e. The lowest BCUT2D eigenvalue weighted by molar-refractivity contribution is 0.415. The van der Waals surface area contributed by atoms with Crippen molar-refractivity contribution in [2.45, 2.75) is 26.4 Å². The molecule has 4 rings (SSSR count). The molecule has 0 spiro atoms. The summed E-state index contributed by atoms with van der Waals surface area (Å²) < 4.78 is 9.81. The summed E-state index contributed by atoms with van der Waals surface area (Å²) in [6, 6.07) is 5.50. The minimum absolute atomic E-state index is 0.289. The zero-order valence-corrected chi connectivity index (χ0v) is 16.2. The number of aromatic nitrogens is 4. The predicted octanol–water partition coefficient (Wildman–Crippen LogP) is 2.12. The van der Waals surface area contributed by atoms with Crippen LogP contribution in [0.1, 0.15) is 13.3 Å². The number of imidazole rings is 1. The molecule has 9 heteroatoms. The van der Waals surface area contributed by atoms with Crippen LogP contribution >= 0.6 is 11.6 Å². The number of fused-ring (bicyclic) bond motifs is 3. The number of hydrogen-bond donors (Lipinski definition) is 0. The van der Waals surface area contributed by atoms with Crippen LogP contribution in [0.4, 0.5) is 11.6 Å². The van der Waals surface area contributed by atoms with Crippen LogP contribution in [0.5, 0.6) is 5.75 Å². The quantitative estimate of drug-likeness (QED) is 0.683. The Morgan fingerprint density at radius 1 is 1.26 bits per heavy atom. The maximum Gasteiger partial charge on any atom is 0.332 e. The number of hydrogen-bond acceptors (Lipinski definition) is 5. The third kappa shape index (κ3) is 2.55. The number of ether oxygens (including phenoxy) is 1. The van der Waals surface area contributed by atoms with Gasteiger partial charge in [0.05, 0.1) is 12.1 Å². The molecule has 1 aliphatic rings. The van der Waals surface area contributed by atoms with Gasteiger partial charge in [0.15, 0.2) is 11.2 Å². The van der Waals surface area contributed by atoms with Crippen LogP contribution < -0.4 is 20.9 Å². The summed E-state index contributed by atoms with van der Waals surface area (Å²) in [5.74, 6) is 1.23. The molecule has 0 saturated carbocycles. The van der Waals surface area contributed by atoms with Crippen LogP contribution in [0.25, 0.3) is 11.2 Å². The summed E-state index contributed by atoms with van der Waals surface area (Å²) in [6.07, 6.45) is 0.706. The molecule has 0 N–H and O–H groups in total. The average Bonchev–Trinajstić information content (AvgIpc) is 3.22. The van der Waals surface area contributed by atoms with E-state index in [-0.39, 0.29) is 11.2 Å². The Kier molecular flexibility index (Phi) is 4.22. The van der Waals surface area contributed by atoms with Crippen LogP contribution in [0.2, 0.25) is 5.02 Å². The average molecular weight is 390 g/mol. The summed E-state index contributed by atoms with van der Waals surface area (Å²) in [5.41, 5.74) is 1.08. The number of rotatable bonds is 4. The van der Waals surface area contributed by atoms with Crippen LogP contribution in [-0.4, -0.2) is 32.3 Å². The maximum absolute atomic E-state index is 12.9. The second kappa shape index (κ2) is 6.45. The van der Waals surface area contributed by atoms with Gasteiger partial charge in [-0.15, -0.1) is 0 Å². The topological polar surface area (TPSA) is 74.3 Å². The summed E-state index contributed by atoms with van der Waals surface area (Å²) in [7, 11) is 3.21. The number of methoxy groups -OCH3 is 1. The fourth-order valence-electron chi connectivity index (χ4n) is 3.57. The molecule has 0 saturated heterocycles. The highest BCUT2D eigenvalue weighted by Gasteiger charge is 2.28. The zero-order chi connectivity index (χ0) is 19.3. The maximum atomic E-state index is 12.9. The molecule has 2 aromatic heterocycles. The molecule has 0 aliphatic carbocycles. The van der Waals surface area contributed by atoms with Gasteiger partial charge in [-0.3, -0.25) is 13.9 Å². The Morgan fingerprint density at radius 2 is 2.04 bits per heavy atom. The molecule has 0 atom stereocenters. The van der Waals surface area contributed by atoms with E-state index in [0.29, 0.717) is 53.9 Å². The SMILES string of the molecule is CCCn1c(=O)c2c(nc3n2CCN3c2ccc(OC)c(Cl)c2)n(C)c1=O. The van der Waals surface area contributed by atoms with Gasteiger partial charge in [-0.25, -0.2) is 4.79 Å². The fourth-order valence-corrected chi connectivity index (χ4v) is 3.82. The summed E-state index contributed by atoms with van der Waals surface area (Å²) in [4.78, 5) is 32.0. The molecule has 8 nitrogen and oxygen atoms in total. The van der Waals surface area contributed by atoms with Crippen molar-refractivity contribution in [3.8, 4) is 5.75 Å². The molecule has 27 heavy (non-hydrogen) atoms. The molecule has 1 aromatic carbocycles. The second-order valence-corrected chi connectivity index (χ2v) is 6.91. The van der Waals surface area contributed by atoms with Crippen molar-refractivity contribution in [3.63, 3.8) is 0 Å². The van der Waals surface area contributed by atoms with Gasteiger partial charge in [-0.2, -0.15) is 4.98 Å². The molecule has 0 amide bonds. The molecule has 0 fully saturated rings. The van der Waals surface area contributed by atoms with E-state index in [4.69, 9.17) is 16.3 Å². The highest BCUT2D eigenvalue weighted by atomic mass is 35.5. The second-order valence-electron chi connectivity index (χ2n) is 6.50. The Morgan fingerprint density at radius 3 is 2.70 bits per heavy atom. The van der Waals surface area contributed by atoms with Crippen LogP contribution in [0.15, 0.2) is 27.8 Å². The molecule has 142 valence electrons. The van der Waals surface area contributed by atoms with Gasteiger partial charge in [-0.1, -0.05) is 18.5 Å². The lowest BCUT2D eigenvalue weighted by Crippen LogP contribution is -2.39. The van der Waals surface area contributed by atoms with Crippen molar-refractivity contribution in [3.05, 3.63) is 44.1 Å². The number of aryl methyl sites for hydroxylation is 1. The Hall–Kier alpha value is -2.74. The Bertz CT molecular complexity index is 1160. The van der Waals surface area contributed by atoms with E-state index in [1.807, 2.05) is 28.5 Å². The highest BCUT2D eigenvalue weighted by Crippen LogP contribution is 2.35.